The largest absolute Gasteiger partial charge is 0.375 e. The number of anilines is 1. The smallest absolute Gasteiger partial charge is 0.261 e. The average molecular weight is 282 g/mol. The van der Waals surface area contributed by atoms with Gasteiger partial charge in [-0.05, 0) is 18.7 Å². The van der Waals surface area contributed by atoms with Crippen LogP contribution in [0.3, 0.4) is 0 Å². The van der Waals surface area contributed by atoms with Crippen LogP contribution in [-0.4, -0.2) is 18.1 Å². The molecule has 21 heavy (non-hydrogen) atoms. The van der Waals surface area contributed by atoms with Crippen molar-refractivity contribution >= 4 is 11.6 Å². The topological polar surface area (TPSA) is 61.4 Å². The van der Waals surface area contributed by atoms with E-state index in [9.17, 15) is 9.90 Å². The van der Waals surface area contributed by atoms with Crippen molar-refractivity contribution in [1.29, 1.82) is 0 Å². The molecule has 4 heteroatoms. The molecule has 1 aliphatic rings. The first-order valence-corrected chi connectivity index (χ1v) is 7.00. The number of carbonyl (C=O) groups excluding carboxylic acids is 1. The van der Waals surface area contributed by atoms with E-state index >= 15 is 0 Å². The summed E-state index contributed by atoms with van der Waals surface area (Å²) >= 11 is 0. The van der Waals surface area contributed by atoms with Crippen LogP contribution in [0.5, 0.6) is 0 Å². The Labute approximate surface area is 123 Å². The average Bonchev–Trinajstić information content (AvgIpc) is 2.78. The lowest BCUT2D eigenvalue weighted by atomic mass is 9.86. The number of nitrogens with one attached hydrogen (secondary N) is 2. The molecule has 3 rings (SSSR count). The van der Waals surface area contributed by atoms with Crippen LogP contribution < -0.4 is 10.6 Å². The van der Waals surface area contributed by atoms with Gasteiger partial charge in [0.15, 0.2) is 5.60 Å². The lowest BCUT2D eigenvalue weighted by molar-refractivity contribution is -0.135. The monoisotopic (exact) mass is 282 g/mol. The maximum Gasteiger partial charge on any atom is 0.261 e. The number of carbonyl (C=O) groups is 1. The molecular weight excluding hydrogens is 264 g/mol. The molecular formula is C17H18N2O2. The number of fused-ring (bicyclic) bond motifs is 1. The summed E-state index contributed by atoms with van der Waals surface area (Å²) in [5.41, 5.74) is 0.879. The normalized spacial score (nSPS) is 21.7. The number of benzene rings is 2. The summed E-state index contributed by atoms with van der Waals surface area (Å²) in [6.45, 7) is 0. The van der Waals surface area contributed by atoms with E-state index in [-0.39, 0.29) is 18.4 Å². The van der Waals surface area contributed by atoms with Crippen molar-refractivity contribution in [2.24, 2.45) is 0 Å². The second-order valence-corrected chi connectivity index (χ2v) is 5.32. The first kappa shape index (κ1) is 13.8. The molecule has 0 saturated heterocycles. The Kier molecular flexibility index (Phi) is 3.49. The van der Waals surface area contributed by atoms with E-state index in [2.05, 4.69) is 10.6 Å². The Hall–Kier alpha value is -2.17. The van der Waals surface area contributed by atoms with E-state index < -0.39 is 5.60 Å². The molecule has 1 aliphatic heterocycles. The first-order chi connectivity index (χ1) is 10.1. The highest BCUT2D eigenvalue weighted by molar-refractivity contribution is 6.04. The maximum absolute atomic E-state index is 12.2. The van der Waals surface area contributed by atoms with Crippen molar-refractivity contribution in [3.63, 3.8) is 0 Å². The van der Waals surface area contributed by atoms with Gasteiger partial charge >= 0.3 is 0 Å². The maximum atomic E-state index is 12.2. The summed E-state index contributed by atoms with van der Waals surface area (Å²) in [6, 6.07) is 17.0. The van der Waals surface area contributed by atoms with Crippen molar-refractivity contribution in [2.45, 2.75) is 18.1 Å². The third-order valence-electron chi connectivity index (χ3n) is 4.05. The molecule has 0 fully saturated rings. The molecule has 2 aromatic rings. The fourth-order valence-corrected chi connectivity index (χ4v) is 2.87. The van der Waals surface area contributed by atoms with Gasteiger partial charge in [-0.2, -0.15) is 0 Å². The van der Waals surface area contributed by atoms with Crippen LogP contribution in [0.2, 0.25) is 0 Å². The zero-order valence-corrected chi connectivity index (χ0v) is 11.8. The SMILES string of the molecule is CN[C@@H](C[C@]1(O)C(=O)Nc2ccccc21)c1ccccc1. The minimum Gasteiger partial charge on any atom is -0.375 e. The van der Waals surface area contributed by atoms with Crippen molar-refractivity contribution < 1.29 is 9.90 Å². The number of amides is 1. The summed E-state index contributed by atoms with van der Waals surface area (Å²) in [4.78, 5) is 12.2. The van der Waals surface area contributed by atoms with E-state index in [0.29, 0.717) is 11.3 Å². The van der Waals surface area contributed by atoms with E-state index in [4.69, 9.17) is 0 Å². The predicted octanol–water partition coefficient (Wildman–Crippen LogP) is 2.18. The Bertz CT molecular complexity index is 657. The predicted molar refractivity (Wildman–Crippen MR) is 81.8 cm³/mol. The van der Waals surface area contributed by atoms with Gasteiger partial charge in [0.05, 0.1) is 0 Å². The molecule has 2 aromatic carbocycles. The van der Waals surface area contributed by atoms with E-state index in [0.717, 1.165) is 5.56 Å². The van der Waals surface area contributed by atoms with Crippen LogP contribution in [0.4, 0.5) is 5.69 Å². The molecule has 0 radical (unpaired) electrons. The summed E-state index contributed by atoms with van der Waals surface area (Å²) in [6.07, 6.45) is 0.288. The second-order valence-electron chi connectivity index (χ2n) is 5.32. The van der Waals surface area contributed by atoms with Crippen molar-refractivity contribution in [3.8, 4) is 0 Å². The van der Waals surface area contributed by atoms with Gasteiger partial charge in [-0.3, -0.25) is 4.79 Å². The Morgan fingerprint density at radius 1 is 1.14 bits per heavy atom. The van der Waals surface area contributed by atoms with Gasteiger partial charge in [0.25, 0.3) is 5.91 Å². The van der Waals surface area contributed by atoms with Gasteiger partial charge in [0.1, 0.15) is 0 Å². The molecule has 0 saturated carbocycles. The quantitative estimate of drug-likeness (QED) is 0.805. The Morgan fingerprint density at radius 3 is 2.52 bits per heavy atom. The first-order valence-electron chi connectivity index (χ1n) is 7.00. The zero-order chi connectivity index (χ0) is 14.9. The van der Waals surface area contributed by atoms with Crippen LogP contribution in [0, 0.1) is 0 Å². The zero-order valence-electron chi connectivity index (χ0n) is 11.8. The van der Waals surface area contributed by atoms with Crippen molar-refractivity contribution in [3.05, 3.63) is 65.7 Å². The molecule has 1 heterocycles. The Balaban J connectivity index is 1.94. The third-order valence-corrected chi connectivity index (χ3v) is 4.05. The van der Waals surface area contributed by atoms with Crippen LogP contribution in [-0.2, 0) is 10.4 Å². The molecule has 0 aliphatic carbocycles. The van der Waals surface area contributed by atoms with Gasteiger partial charge in [0.2, 0.25) is 0 Å². The highest BCUT2D eigenvalue weighted by Gasteiger charge is 2.46. The van der Waals surface area contributed by atoms with Crippen LogP contribution in [0.25, 0.3) is 0 Å². The summed E-state index contributed by atoms with van der Waals surface area (Å²) in [7, 11) is 1.83. The van der Waals surface area contributed by atoms with E-state index in [1.807, 2.05) is 55.6 Å². The number of hydrogen-bond donors (Lipinski definition) is 3. The molecule has 0 spiro atoms. The van der Waals surface area contributed by atoms with Crippen molar-refractivity contribution in [1.82, 2.24) is 5.32 Å². The molecule has 4 nitrogen and oxygen atoms in total. The second kappa shape index (κ2) is 5.31. The van der Waals surface area contributed by atoms with Gasteiger partial charge in [-0.1, -0.05) is 48.5 Å². The number of rotatable bonds is 4. The van der Waals surface area contributed by atoms with Gasteiger partial charge in [-0.15, -0.1) is 0 Å². The third kappa shape index (κ3) is 2.33. The van der Waals surface area contributed by atoms with Crippen LogP contribution in [0.15, 0.2) is 54.6 Å². The van der Waals surface area contributed by atoms with Gasteiger partial charge in [-0.25, -0.2) is 0 Å². The van der Waals surface area contributed by atoms with E-state index in [1.54, 1.807) is 6.07 Å². The van der Waals surface area contributed by atoms with Crippen LogP contribution in [0.1, 0.15) is 23.6 Å². The minimum absolute atomic E-state index is 0.104. The molecule has 3 N–H and O–H groups in total. The van der Waals surface area contributed by atoms with Gasteiger partial charge < -0.3 is 15.7 Å². The molecule has 0 unspecified atom stereocenters. The molecule has 0 aromatic heterocycles. The summed E-state index contributed by atoms with van der Waals surface area (Å²) in [5.74, 6) is -0.361. The highest BCUT2D eigenvalue weighted by atomic mass is 16.3. The molecule has 1 amide bonds. The number of aliphatic hydroxyl groups is 1. The van der Waals surface area contributed by atoms with E-state index in [1.165, 1.54) is 0 Å². The fourth-order valence-electron chi connectivity index (χ4n) is 2.87. The minimum atomic E-state index is -1.50. The van der Waals surface area contributed by atoms with Crippen LogP contribution >= 0.6 is 0 Å². The van der Waals surface area contributed by atoms with Crippen molar-refractivity contribution in [2.75, 3.05) is 12.4 Å². The summed E-state index contributed by atoms with van der Waals surface area (Å²) < 4.78 is 0. The number of hydrogen-bond acceptors (Lipinski definition) is 3. The Morgan fingerprint density at radius 2 is 1.81 bits per heavy atom. The number of para-hydroxylation sites is 1. The standard InChI is InChI=1S/C17H18N2O2/c1-18-15(12-7-3-2-4-8-12)11-17(21)13-9-5-6-10-14(13)19-16(17)20/h2-10,15,18,21H,11H2,1H3,(H,19,20)/t15-,17+/m0/s1. The van der Waals surface area contributed by atoms with Gasteiger partial charge in [0, 0.05) is 23.7 Å². The molecule has 108 valence electrons. The molecule has 0 bridgehead atoms. The summed E-state index contributed by atoms with van der Waals surface area (Å²) in [5, 5.41) is 16.9. The lowest BCUT2D eigenvalue weighted by Crippen LogP contribution is -2.38. The molecule has 2 atom stereocenters. The fraction of sp³-hybridized carbons (Fsp3) is 0.235. The lowest BCUT2D eigenvalue weighted by Gasteiger charge is -2.27. The highest BCUT2D eigenvalue weighted by Crippen LogP contribution is 2.41.